The lowest BCUT2D eigenvalue weighted by Gasteiger charge is -2.48. The number of unbranched alkanes of at least 4 members (excludes halogenated alkanes) is 51. The zero-order valence-corrected chi connectivity index (χ0v) is 70.2. The van der Waals surface area contributed by atoms with E-state index in [-0.39, 0.29) is 18.9 Å². The van der Waals surface area contributed by atoms with Crippen LogP contribution in [0.3, 0.4) is 0 Å². The molecule has 3 aliphatic heterocycles. The molecule has 0 spiro atoms. The molecule has 19 nitrogen and oxygen atoms in total. The van der Waals surface area contributed by atoms with Gasteiger partial charge in [-0.15, -0.1) is 0 Å². The van der Waals surface area contributed by atoms with Crippen LogP contribution in [-0.2, 0) is 33.2 Å². The molecule has 3 fully saturated rings. The van der Waals surface area contributed by atoms with Crippen molar-refractivity contribution in [2.45, 2.75) is 491 Å². The van der Waals surface area contributed by atoms with Crippen molar-refractivity contribution in [3.05, 3.63) is 60.8 Å². The van der Waals surface area contributed by atoms with Crippen LogP contribution in [0.15, 0.2) is 60.8 Å². The Hall–Kier alpha value is -2.51. The molecule has 111 heavy (non-hydrogen) atoms. The second kappa shape index (κ2) is 71.6. The topological polar surface area (TPSA) is 307 Å². The third-order valence-corrected chi connectivity index (χ3v) is 22.8. The number of ether oxygens (including phenoxy) is 6. The second-order valence-corrected chi connectivity index (χ2v) is 32.7. The molecule has 17 atom stereocenters. The summed E-state index contributed by atoms with van der Waals surface area (Å²) in [6.45, 7) is 1.69. The van der Waals surface area contributed by atoms with E-state index in [4.69, 9.17) is 28.4 Å². The average Bonchev–Trinajstić information content (AvgIpc) is 0.779. The maximum atomic E-state index is 13.5. The Balaban J connectivity index is 1.31. The molecule has 0 aromatic carbocycles. The maximum Gasteiger partial charge on any atom is 0.220 e. The highest BCUT2D eigenvalue weighted by Gasteiger charge is 2.54. The van der Waals surface area contributed by atoms with Crippen molar-refractivity contribution in [1.29, 1.82) is 0 Å². The zero-order chi connectivity index (χ0) is 80.3. The number of rotatable bonds is 75. The van der Waals surface area contributed by atoms with Crippen molar-refractivity contribution in [3.63, 3.8) is 0 Å². The largest absolute Gasteiger partial charge is 0.394 e. The van der Waals surface area contributed by atoms with E-state index in [0.29, 0.717) is 6.42 Å². The van der Waals surface area contributed by atoms with Crippen molar-refractivity contribution >= 4 is 5.91 Å². The van der Waals surface area contributed by atoms with E-state index < -0.39 is 124 Å². The van der Waals surface area contributed by atoms with Crippen molar-refractivity contribution in [2.24, 2.45) is 0 Å². The van der Waals surface area contributed by atoms with E-state index in [9.17, 15) is 61.0 Å². The standard InChI is InChI=1S/C92H169NO18/c1-3-5-7-9-11-13-15-17-19-21-23-25-27-29-31-33-34-35-36-37-38-39-40-42-44-46-48-50-52-54-56-58-60-62-64-66-68-70-80(98)93-75(76(97)69-67-65-63-61-59-57-55-53-51-49-47-45-43-41-32-30-28-26-24-22-20-18-16-14-12-10-8-6-4-2)74-106-90-86(104)83(101)88(78(72-95)108-90)111-92-87(105)84(102)89(79(73-96)109-92)110-91-85(103)82(100)81(99)77(71-94)107-91/h5,7,11,13,17,19,23,25,67,69,75-79,81-92,94-97,99-105H,3-4,6,8-10,12,14-16,18,20-22,24,26-66,68,70-74H2,1-2H3,(H,93,98)/b7-5-,13-11-,19-17-,25-23-,69-67+. The van der Waals surface area contributed by atoms with Crippen LogP contribution in [0.2, 0.25) is 0 Å². The molecule has 0 radical (unpaired) electrons. The van der Waals surface area contributed by atoms with Gasteiger partial charge in [-0.3, -0.25) is 4.79 Å². The summed E-state index contributed by atoms with van der Waals surface area (Å²) in [6, 6.07) is -0.975. The van der Waals surface area contributed by atoms with Gasteiger partial charge in [0.15, 0.2) is 18.9 Å². The monoisotopic (exact) mass is 1580 g/mol. The molecule has 3 heterocycles. The minimum absolute atomic E-state index is 0.247. The highest BCUT2D eigenvalue weighted by molar-refractivity contribution is 5.76. The number of aliphatic hydroxyl groups is 11. The van der Waals surface area contributed by atoms with E-state index >= 15 is 0 Å². The van der Waals surface area contributed by atoms with E-state index in [1.54, 1.807) is 6.08 Å². The summed E-state index contributed by atoms with van der Waals surface area (Å²) in [4.78, 5) is 13.5. The average molecular weight is 1580 g/mol. The summed E-state index contributed by atoms with van der Waals surface area (Å²) < 4.78 is 34.5. The lowest BCUT2D eigenvalue weighted by Crippen LogP contribution is -2.66. The first-order chi connectivity index (χ1) is 54.3. The Morgan fingerprint density at radius 2 is 0.622 bits per heavy atom. The van der Waals surface area contributed by atoms with Crippen LogP contribution in [0.25, 0.3) is 0 Å². The predicted octanol–water partition coefficient (Wildman–Crippen LogP) is 17.7. The molecular formula is C92H169NO18. The molecule has 3 rings (SSSR count). The Bertz CT molecular complexity index is 2230. The highest BCUT2D eigenvalue weighted by Crippen LogP contribution is 2.34. The molecule has 17 unspecified atom stereocenters. The molecule has 12 N–H and O–H groups in total. The van der Waals surface area contributed by atoms with Gasteiger partial charge in [-0.2, -0.15) is 0 Å². The van der Waals surface area contributed by atoms with Gasteiger partial charge in [0.25, 0.3) is 0 Å². The fourth-order valence-electron chi connectivity index (χ4n) is 15.5. The van der Waals surface area contributed by atoms with Crippen LogP contribution in [-0.4, -0.2) is 193 Å². The quantitative estimate of drug-likeness (QED) is 0.0199. The summed E-state index contributed by atoms with van der Waals surface area (Å²) in [5, 5.41) is 121. The third kappa shape index (κ3) is 50.1. The number of hydrogen-bond acceptors (Lipinski definition) is 18. The summed E-state index contributed by atoms with van der Waals surface area (Å²) in [5.74, 6) is -0.268. The number of aliphatic hydroxyl groups excluding tert-OH is 11. The fraction of sp³-hybridized carbons (Fsp3) is 0.880. The molecule has 650 valence electrons. The number of amides is 1. The van der Waals surface area contributed by atoms with Crippen LogP contribution in [0.4, 0.5) is 0 Å². The van der Waals surface area contributed by atoms with Crippen molar-refractivity contribution in [2.75, 3.05) is 26.4 Å². The molecule has 3 aliphatic rings. The van der Waals surface area contributed by atoms with Gasteiger partial charge in [0.1, 0.15) is 73.2 Å². The molecule has 0 aromatic heterocycles. The highest BCUT2D eigenvalue weighted by atomic mass is 16.8. The van der Waals surface area contributed by atoms with E-state index in [1.807, 2.05) is 6.08 Å². The van der Waals surface area contributed by atoms with Crippen LogP contribution in [0.5, 0.6) is 0 Å². The smallest absolute Gasteiger partial charge is 0.220 e. The molecule has 0 saturated carbocycles. The third-order valence-electron chi connectivity index (χ3n) is 22.8. The molecule has 0 bridgehead atoms. The lowest BCUT2D eigenvalue weighted by atomic mass is 9.96. The molecule has 3 saturated heterocycles. The van der Waals surface area contributed by atoms with Crippen LogP contribution < -0.4 is 5.32 Å². The van der Waals surface area contributed by atoms with E-state index in [0.717, 1.165) is 70.6 Å². The number of carbonyl (C=O) groups excluding carboxylic acids is 1. The molecular weight excluding hydrogens is 1410 g/mol. The summed E-state index contributed by atoms with van der Waals surface area (Å²) in [6.07, 6.45) is 68.1. The van der Waals surface area contributed by atoms with Crippen LogP contribution in [0, 0.1) is 0 Å². The normalized spacial score (nSPS) is 25.3. The van der Waals surface area contributed by atoms with Crippen molar-refractivity contribution < 1.29 is 89.4 Å². The summed E-state index contributed by atoms with van der Waals surface area (Å²) >= 11 is 0. The number of hydrogen-bond donors (Lipinski definition) is 12. The van der Waals surface area contributed by atoms with Gasteiger partial charge in [-0.25, -0.2) is 0 Å². The summed E-state index contributed by atoms with van der Waals surface area (Å²) in [5.41, 5.74) is 0. The van der Waals surface area contributed by atoms with Crippen molar-refractivity contribution in [3.8, 4) is 0 Å². The molecule has 0 aliphatic carbocycles. The minimum atomic E-state index is -1.98. The molecule has 0 aromatic rings. The van der Waals surface area contributed by atoms with E-state index in [2.05, 4.69) is 67.8 Å². The van der Waals surface area contributed by atoms with Gasteiger partial charge in [0, 0.05) is 6.42 Å². The van der Waals surface area contributed by atoms with Gasteiger partial charge < -0.3 is 89.9 Å². The van der Waals surface area contributed by atoms with Crippen LogP contribution in [0.1, 0.15) is 386 Å². The lowest BCUT2D eigenvalue weighted by molar-refractivity contribution is -0.379. The van der Waals surface area contributed by atoms with Crippen LogP contribution >= 0.6 is 0 Å². The molecule has 1 amide bonds. The Morgan fingerprint density at radius 3 is 0.973 bits per heavy atom. The number of allylic oxidation sites excluding steroid dienone is 9. The number of nitrogens with one attached hydrogen (secondary N) is 1. The van der Waals surface area contributed by atoms with Gasteiger partial charge >= 0.3 is 0 Å². The van der Waals surface area contributed by atoms with Gasteiger partial charge in [0.2, 0.25) is 5.91 Å². The van der Waals surface area contributed by atoms with Gasteiger partial charge in [-0.1, -0.05) is 383 Å². The van der Waals surface area contributed by atoms with Crippen molar-refractivity contribution in [1.82, 2.24) is 5.32 Å². The minimum Gasteiger partial charge on any atom is -0.394 e. The predicted molar refractivity (Wildman–Crippen MR) is 448 cm³/mol. The Labute approximate surface area is 675 Å². The number of carbonyl (C=O) groups is 1. The summed E-state index contributed by atoms with van der Waals surface area (Å²) in [7, 11) is 0. The SMILES string of the molecule is CC/C=C\C/C=C\C/C=C\C/C=C\CCCCCCCCCCCCCCCCCCCCCCCCCCC(=O)NC(COC1OC(CO)C(OC2OC(CO)C(OC3OC(CO)C(O)C(O)C3O)C(O)C2O)C(O)C1O)C(O)/C=C/CCCCCCCCCCCCCCCCCCCCCCCCCCCCC. The van der Waals surface area contributed by atoms with Gasteiger partial charge in [0.05, 0.1) is 38.6 Å². The Morgan fingerprint density at radius 1 is 0.333 bits per heavy atom. The first kappa shape index (κ1) is 103. The fourth-order valence-corrected chi connectivity index (χ4v) is 15.5. The van der Waals surface area contributed by atoms with Gasteiger partial charge in [-0.05, 0) is 57.8 Å². The second-order valence-electron chi connectivity index (χ2n) is 32.7. The maximum absolute atomic E-state index is 13.5. The zero-order valence-electron chi connectivity index (χ0n) is 70.2. The Kier molecular flexibility index (Phi) is 66.2. The molecule has 19 heteroatoms. The van der Waals surface area contributed by atoms with E-state index in [1.165, 1.54) is 289 Å². The first-order valence-corrected chi connectivity index (χ1v) is 46.0. The first-order valence-electron chi connectivity index (χ1n) is 46.0.